The summed E-state index contributed by atoms with van der Waals surface area (Å²) in [5.41, 5.74) is 9.73. The van der Waals surface area contributed by atoms with Gasteiger partial charge in [-0.3, -0.25) is 9.97 Å². The maximum Gasteiger partial charge on any atom is 0.341 e. The second-order valence-electron chi connectivity index (χ2n) is 24.7. The van der Waals surface area contributed by atoms with Crippen LogP contribution in [0.3, 0.4) is 0 Å². The fraction of sp³-hybridized carbons (Fsp3) is 0.514. The van der Waals surface area contributed by atoms with Gasteiger partial charge in [-0.2, -0.15) is 0 Å². The Kier molecular flexibility index (Phi) is 21.8. The van der Waals surface area contributed by atoms with Crippen molar-refractivity contribution in [3.8, 4) is 79.7 Å². The lowest BCUT2D eigenvalue weighted by atomic mass is 9.73. The smallest absolute Gasteiger partial charge is 0.341 e. The molecule has 10 rings (SSSR count). The summed E-state index contributed by atoms with van der Waals surface area (Å²) in [5, 5.41) is 21.0. The number of pyridine rings is 2. The van der Waals surface area contributed by atoms with Crippen LogP contribution < -0.4 is 47.4 Å². The zero-order valence-electron chi connectivity index (χ0n) is 53.1. The molecule has 4 unspecified atom stereocenters. The summed E-state index contributed by atoms with van der Waals surface area (Å²) in [6.45, 7) is 6.61. The molecule has 16 nitrogen and oxygen atoms in total. The third kappa shape index (κ3) is 13.9. The van der Waals surface area contributed by atoms with E-state index in [1.807, 2.05) is 36.4 Å². The molecule has 4 aliphatic rings. The number of aliphatic carboxylic acids is 2. The van der Waals surface area contributed by atoms with Crippen molar-refractivity contribution in [1.29, 1.82) is 0 Å². The number of carboxylic acid groups (broad SMARTS) is 2. The van der Waals surface area contributed by atoms with E-state index in [0.717, 1.165) is 184 Å². The van der Waals surface area contributed by atoms with Crippen LogP contribution in [0.1, 0.15) is 250 Å². The van der Waals surface area contributed by atoms with Gasteiger partial charge in [0.1, 0.15) is 34.5 Å². The molecule has 4 aliphatic heterocycles. The minimum Gasteiger partial charge on any atom is -0.479 e. The molecule has 0 spiro atoms. The number of hydrogen-bond donors (Lipinski definition) is 2. The van der Waals surface area contributed by atoms with Gasteiger partial charge in [0, 0.05) is 104 Å². The molecule has 90 heavy (non-hydrogen) atoms. The van der Waals surface area contributed by atoms with Crippen LogP contribution in [0.5, 0.6) is 57.5 Å². The molecule has 2 N–H and O–H groups in total. The zero-order valence-corrected chi connectivity index (χ0v) is 53.1. The normalized spacial score (nSPS) is 17.2. The Balaban J connectivity index is 1.35. The van der Waals surface area contributed by atoms with Gasteiger partial charge in [0.2, 0.25) is 27.2 Å². The average Bonchev–Trinajstić information content (AvgIpc) is 0.723. The fourth-order valence-electron chi connectivity index (χ4n) is 14.5. The topological polar surface area (TPSA) is 193 Å². The molecule has 2 aromatic heterocycles. The lowest BCUT2D eigenvalue weighted by molar-refractivity contribution is -0.140. The SMILES string of the molecule is CCCCCCCC1c2cc(OCC(=O)O)c3c4c2OCOc2c1cc(-c1ccncc1)c1c2C(CCCCCCC)c2c(c(OCC(=O)O)cc5c2OCOc2c(cc(-c6ccncc6)c(c2C4CCCCCCC)OCO3)C5CCCCCCC)OCO1. The van der Waals surface area contributed by atoms with E-state index in [9.17, 15) is 19.8 Å². The van der Waals surface area contributed by atoms with Gasteiger partial charge in [-0.25, -0.2) is 9.59 Å². The number of rotatable bonds is 32. The molecule has 0 saturated heterocycles. The van der Waals surface area contributed by atoms with E-state index in [1.54, 1.807) is 24.8 Å². The first kappa shape index (κ1) is 63.7. The first-order chi connectivity index (χ1) is 44.2. The van der Waals surface area contributed by atoms with Crippen molar-refractivity contribution < 1.29 is 67.2 Å². The summed E-state index contributed by atoms with van der Waals surface area (Å²) in [4.78, 5) is 34.7. The van der Waals surface area contributed by atoms with Gasteiger partial charge in [-0.1, -0.05) is 156 Å². The van der Waals surface area contributed by atoms with E-state index in [1.165, 1.54) is 0 Å². The van der Waals surface area contributed by atoms with Gasteiger partial charge in [0.05, 0.1) is 0 Å². The van der Waals surface area contributed by atoms with Crippen molar-refractivity contribution in [3.05, 3.63) is 118 Å². The largest absolute Gasteiger partial charge is 0.479 e. The van der Waals surface area contributed by atoms with E-state index >= 15 is 0 Å². The fourth-order valence-corrected chi connectivity index (χ4v) is 14.5. The van der Waals surface area contributed by atoms with Crippen LogP contribution in [0.2, 0.25) is 0 Å². The molecular weight excluding hydrogens is 1140 g/mol. The van der Waals surface area contributed by atoms with Crippen LogP contribution in [-0.2, 0) is 9.59 Å². The summed E-state index contributed by atoms with van der Waals surface area (Å²) in [5.74, 6) is 0.366. The van der Waals surface area contributed by atoms with Gasteiger partial charge in [0.25, 0.3) is 0 Å². The van der Waals surface area contributed by atoms with Crippen molar-refractivity contribution in [3.63, 3.8) is 0 Å². The third-order valence-corrected chi connectivity index (χ3v) is 18.7. The molecule has 0 aliphatic carbocycles. The Morgan fingerprint density at radius 3 is 0.978 bits per heavy atom. The maximum absolute atomic E-state index is 12.8. The predicted molar refractivity (Wildman–Crippen MR) is 344 cm³/mol. The van der Waals surface area contributed by atoms with Crippen molar-refractivity contribution in [2.45, 2.75) is 205 Å². The minimum absolute atomic E-state index is 0.229. The summed E-state index contributed by atoms with van der Waals surface area (Å²) in [7, 11) is 0. The lowest BCUT2D eigenvalue weighted by Crippen LogP contribution is -2.27. The second kappa shape index (κ2) is 30.8. The molecule has 16 heteroatoms. The molecule has 0 fully saturated rings. The number of benzene rings is 4. The Morgan fingerprint density at radius 1 is 0.378 bits per heavy atom. The highest BCUT2D eigenvalue weighted by atomic mass is 16.7. The number of nitrogens with zero attached hydrogens (tertiary/aromatic N) is 2. The van der Waals surface area contributed by atoms with Crippen LogP contribution in [0.15, 0.2) is 73.3 Å². The summed E-state index contributed by atoms with van der Waals surface area (Å²) in [6, 6.07) is 16.3. The third-order valence-electron chi connectivity index (χ3n) is 18.7. The molecule has 6 heterocycles. The Morgan fingerprint density at radius 2 is 0.656 bits per heavy atom. The van der Waals surface area contributed by atoms with Crippen LogP contribution in [0, 0.1) is 0 Å². The highest BCUT2D eigenvalue weighted by Gasteiger charge is 2.45. The number of unbranched alkanes of at least 4 members (excludes halogenated alkanes) is 16. The summed E-state index contributed by atoms with van der Waals surface area (Å²) < 4.78 is 71.1. The van der Waals surface area contributed by atoms with E-state index in [2.05, 4.69) is 49.8 Å². The highest BCUT2D eigenvalue weighted by molar-refractivity contribution is 5.82. The lowest BCUT2D eigenvalue weighted by Gasteiger charge is -2.39. The van der Waals surface area contributed by atoms with E-state index in [0.29, 0.717) is 82.8 Å². The summed E-state index contributed by atoms with van der Waals surface area (Å²) >= 11 is 0. The minimum atomic E-state index is -1.13. The van der Waals surface area contributed by atoms with Gasteiger partial charge in [0.15, 0.2) is 36.2 Å². The number of ether oxygens (including phenoxy) is 10. The number of aromatic nitrogens is 2. The van der Waals surface area contributed by atoms with Crippen molar-refractivity contribution >= 4 is 11.9 Å². The number of carboxylic acids is 2. The molecule has 6 aromatic rings. The van der Waals surface area contributed by atoms with Crippen LogP contribution in [0.4, 0.5) is 0 Å². The second-order valence-corrected chi connectivity index (χ2v) is 24.7. The Bertz CT molecular complexity index is 3200. The van der Waals surface area contributed by atoms with Crippen LogP contribution in [0.25, 0.3) is 22.3 Å². The first-order valence-electron chi connectivity index (χ1n) is 33.6. The van der Waals surface area contributed by atoms with Crippen molar-refractivity contribution in [1.82, 2.24) is 9.97 Å². The van der Waals surface area contributed by atoms with Crippen molar-refractivity contribution in [2.24, 2.45) is 0 Å². The molecule has 480 valence electrons. The number of hydrogen-bond acceptors (Lipinski definition) is 14. The molecule has 4 aromatic carbocycles. The Labute approximate surface area is 530 Å². The molecule has 0 amide bonds. The average molecular weight is 1230 g/mol. The van der Waals surface area contributed by atoms with E-state index < -0.39 is 48.8 Å². The number of fused-ring (bicyclic) bond motifs is 12. The van der Waals surface area contributed by atoms with Gasteiger partial charge in [-0.05, 0) is 85.3 Å². The number of carbonyl (C=O) groups is 2. The highest BCUT2D eigenvalue weighted by Crippen LogP contribution is 2.64. The molecule has 4 atom stereocenters. The van der Waals surface area contributed by atoms with Gasteiger partial charge >= 0.3 is 11.9 Å². The predicted octanol–water partition coefficient (Wildman–Crippen LogP) is 17.9. The standard InChI is InChI=1S/C74H90N2O14/c1-5-9-13-17-21-25-49-55-37-53(47-29-33-75-34-30-47)67-63-51(27-23-19-15-11-7-3)66-72-58(40-60(82-42-62(79)80)74(66)90-45-83-67)50(26-22-18-14-10-6-2)56-38-54(48-31-35-76-36-32-48)68-64(70(56)86-44-88-72)52(28-24-20-16-12-8-4)65-71(87-43-85-69(55)63)57(49)39-59(81-41-61(77)78)73(65)89-46-84-68/h29-40,49-52H,5-28,41-46H2,1-4H3,(H,77,78)(H,79,80). The molecule has 0 saturated carbocycles. The maximum atomic E-state index is 12.8. The zero-order chi connectivity index (χ0) is 62.3. The van der Waals surface area contributed by atoms with Gasteiger partial charge in [-0.15, -0.1) is 0 Å². The molecular formula is C74H90N2O14. The molecule has 0 bridgehead atoms. The first-order valence-corrected chi connectivity index (χ1v) is 33.6. The Hall–Kier alpha value is -7.88. The molecule has 0 radical (unpaired) electrons. The van der Waals surface area contributed by atoms with Crippen LogP contribution in [-0.4, -0.2) is 72.5 Å². The monoisotopic (exact) mass is 1230 g/mol. The van der Waals surface area contributed by atoms with E-state index in [-0.39, 0.29) is 38.7 Å². The van der Waals surface area contributed by atoms with E-state index in [4.69, 9.17) is 47.4 Å². The summed E-state index contributed by atoms with van der Waals surface area (Å²) in [6.07, 6.45) is 29.6. The van der Waals surface area contributed by atoms with Crippen LogP contribution >= 0.6 is 0 Å². The van der Waals surface area contributed by atoms with Gasteiger partial charge < -0.3 is 57.6 Å². The quantitative estimate of drug-likeness (QED) is 0.0379. The van der Waals surface area contributed by atoms with Crippen molar-refractivity contribution in [2.75, 3.05) is 40.4 Å².